The first-order valence-electron chi connectivity index (χ1n) is 5.15. The molecular formula is C11H7F2NO4S2. The van der Waals surface area contributed by atoms with Gasteiger partial charge in [0.2, 0.25) is 5.01 Å². The Balaban J connectivity index is 2.35. The van der Waals surface area contributed by atoms with Crippen LogP contribution in [-0.4, -0.2) is 24.5 Å². The Labute approximate surface area is 116 Å². The van der Waals surface area contributed by atoms with Crippen LogP contribution in [0, 0.1) is 11.6 Å². The molecular weight excluding hydrogens is 312 g/mol. The van der Waals surface area contributed by atoms with Crippen molar-refractivity contribution in [2.24, 2.45) is 0 Å². The maximum atomic E-state index is 13.4. The standard InChI is InChI=1S/C11H7F2NO4S2/c12-6-1-2-8(13)9(3-6)20(17,18)5-7-4-19-10(14-7)11(15)16/h1-4H,5H2,(H,15,16). The van der Waals surface area contributed by atoms with Crippen LogP contribution in [0.3, 0.4) is 0 Å². The van der Waals surface area contributed by atoms with E-state index in [0.29, 0.717) is 12.1 Å². The van der Waals surface area contributed by atoms with Crippen molar-refractivity contribution in [2.75, 3.05) is 0 Å². The zero-order chi connectivity index (χ0) is 14.9. The second kappa shape index (κ2) is 5.25. The molecule has 1 heterocycles. The summed E-state index contributed by atoms with van der Waals surface area (Å²) in [6.45, 7) is 0. The molecule has 0 radical (unpaired) electrons. The summed E-state index contributed by atoms with van der Waals surface area (Å²) in [6.07, 6.45) is 0. The molecule has 5 nitrogen and oxygen atoms in total. The molecule has 106 valence electrons. The van der Waals surface area contributed by atoms with Crippen molar-refractivity contribution in [3.8, 4) is 0 Å². The number of nitrogens with zero attached hydrogens (tertiary/aromatic N) is 1. The second-order valence-corrected chi connectivity index (χ2v) is 6.60. The fourth-order valence-electron chi connectivity index (χ4n) is 1.46. The molecule has 0 saturated carbocycles. The van der Waals surface area contributed by atoms with Gasteiger partial charge in [-0.15, -0.1) is 11.3 Å². The predicted octanol–water partition coefficient (Wildman–Crippen LogP) is 2.09. The summed E-state index contributed by atoms with van der Waals surface area (Å²) in [4.78, 5) is 13.5. The lowest BCUT2D eigenvalue weighted by atomic mass is 10.3. The number of benzene rings is 1. The molecule has 20 heavy (non-hydrogen) atoms. The highest BCUT2D eigenvalue weighted by Gasteiger charge is 2.22. The summed E-state index contributed by atoms with van der Waals surface area (Å²) in [5.74, 6) is -3.93. The Morgan fingerprint density at radius 3 is 2.65 bits per heavy atom. The van der Waals surface area contributed by atoms with E-state index in [1.54, 1.807) is 0 Å². The molecule has 0 aliphatic heterocycles. The molecule has 0 spiro atoms. The van der Waals surface area contributed by atoms with Crippen molar-refractivity contribution in [1.82, 2.24) is 4.98 Å². The van der Waals surface area contributed by atoms with Crippen molar-refractivity contribution < 1.29 is 27.1 Å². The van der Waals surface area contributed by atoms with Gasteiger partial charge in [0.25, 0.3) is 0 Å². The maximum Gasteiger partial charge on any atom is 0.365 e. The van der Waals surface area contributed by atoms with Crippen molar-refractivity contribution in [3.05, 3.63) is 45.9 Å². The Hall–Kier alpha value is -1.87. The van der Waals surface area contributed by atoms with Gasteiger partial charge >= 0.3 is 5.97 Å². The minimum atomic E-state index is -4.14. The minimum absolute atomic E-state index is 0.0314. The Morgan fingerprint density at radius 1 is 1.35 bits per heavy atom. The van der Waals surface area contributed by atoms with Gasteiger partial charge in [0.15, 0.2) is 9.84 Å². The first-order valence-corrected chi connectivity index (χ1v) is 7.68. The molecule has 9 heteroatoms. The summed E-state index contributed by atoms with van der Waals surface area (Å²) < 4.78 is 50.4. The van der Waals surface area contributed by atoms with Crippen molar-refractivity contribution in [2.45, 2.75) is 10.6 Å². The van der Waals surface area contributed by atoms with Gasteiger partial charge in [0.1, 0.15) is 16.5 Å². The van der Waals surface area contributed by atoms with Crippen LogP contribution in [0.4, 0.5) is 8.78 Å². The van der Waals surface area contributed by atoms with Gasteiger partial charge in [0, 0.05) is 5.38 Å². The third kappa shape index (κ3) is 2.99. The Morgan fingerprint density at radius 2 is 2.05 bits per heavy atom. The van der Waals surface area contributed by atoms with E-state index in [1.807, 2.05) is 0 Å². The van der Waals surface area contributed by atoms with Gasteiger partial charge < -0.3 is 5.11 Å². The second-order valence-electron chi connectivity index (χ2n) is 3.78. The van der Waals surface area contributed by atoms with Crippen LogP contribution < -0.4 is 0 Å². The smallest absolute Gasteiger partial charge is 0.365 e. The lowest BCUT2D eigenvalue weighted by Gasteiger charge is -2.04. The monoisotopic (exact) mass is 319 g/mol. The van der Waals surface area contributed by atoms with Gasteiger partial charge in [-0.1, -0.05) is 0 Å². The van der Waals surface area contributed by atoms with E-state index in [-0.39, 0.29) is 10.7 Å². The van der Waals surface area contributed by atoms with E-state index in [0.717, 1.165) is 17.4 Å². The number of carbonyl (C=O) groups is 1. The lowest BCUT2D eigenvalue weighted by molar-refractivity contribution is 0.0696. The number of hydrogen-bond acceptors (Lipinski definition) is 5. The molecule has 1 N–H and O–H groups in total. The highest BCUT2D eigenvalue weighted by molar-refractivity contribution is 7.90. The van der Waals surface area contributed by atoms with Crippen LogP contribution in [0.25, 0.3) is 0 Å². The van der Waals surface area contributed by atoms with Crippen molar-refractivity contribution >= 4 is 27.1 Å². The molecule has 0 aliphatic carbocycles. The SMILES string of the molecule is O=C(O)c1nc(CS(=O)(=O)c2cc(F)ccc2F)cs1. The van der Waals surface area contributed by atoms with Gasteiger partial charge in [-0.2, -0.15) is 0 Å². The summed E-state index contributed by atoms with van der Waals surface area (Å²) in [5, 5.41) is 9.66. The lowest BCUT2D eigenvalue weighted by Crippen LogP contribution is -2.08. The number of aromatic nitrogens is 1. The number of aromatic carboxylic acids is 1. The summed E-state index contributed by atoms with van der Waals surface area (Å²) in [7, 11) is -4.14. The first kappa shape index (κ1) is 14.5. The normalized spacial score (nSPS) is 11.5. The van der Waals surface area contributed by atoms with Crippen LogP contribution in [0.1, 0.15) is 15.5 Å². The van der Waals surface area contributed by atoms with Crippen molar-refractivity contribution in [1.29, 1.82) is 0 Å². The molecule has 0 fully saturated rings. The highest BCUT2D eigenvalue weighted by Crippen LogP contribution is 2.21. The molecule has 2 aromatic rings. The topological polar surface area (TPSA) is 84.3 Å². The Kier molecular flexibility index (Phi) is 3.82. The van der Waals surface area contributed by atoms with Gasteiger partial charge in [-0.05, 0) is 18.2 Å². The fraction of sp³-hybridized carbons (Fsp3) is 0.0909. The molecule has 0 aliphatic rings. The summed E-state index contributed by atoms with van der Waals surface area (Å²) in [5.41, 5.74) is -0.0314. The van der Waals surface area contributed by atoms with E-state index >= 15 is 0 Å². The van der Waals surface area contributed by atoms with Crippen LogP contribution in [0.5, 0.6) is 0 Å². The quantitative estimate of drug-likeness (QED) is 0.933. The van der Waals surface area contributed by atoms with Gasteiger partial charge in [0.05, 0.1) is 11.4 Å². The zero-order valence-corrected chi connectivity index (χ0v) is 11.3. The molecule has 0 amide bonds. The molecule has 0 atom stereocenters. The van der Waals surface area contributed by atoms with Crippen LogP contribution >= 0.6 is 11.3 Å². The van der Waals surface area contributed by atoms with Gasteiger partial charge in [-0.25, -0.2) is 27.0 Å². The number of carboxylic acids is 1. The third-order valence-corrected chi connectivity index (χ3v) is 4.84. The maximum absolute atomic E-state index is 13.4. The highest BCUT2D eigenvalue weighted by atomic mass is 32.2. The average molecular weight is 319 g/mol. The van der Waals surface area contributed by atoms with E-state index in [4.69, 9.17) is 5.11 Å². The van der Waals surface area contributed by atoms with Crippen molar-refractivity contribution in [3.63, 3.8) is 0 Å². The van der Waals surface area contributed by atoms with E-state index in [9.17, 15) is 22.0 Å². The van der Waals surface area contributed by atoms with E-state index in [2.05, 4.69) is 4.98 Å². The molecule has 0 saturated heterocycles. The Bertz CT molecular complexity index is 770. The van der Waals surface area contributed by atoms with E-state index < -0.39 is 38.1 Å². The number of hydrogen-bond donors (Lipinski definition) is 1. The molecule has 0 unspecified atom stereocenters. The summed E-state index contributed by atoms with van der Waals surface area (Å²) >= 11 is 0.758. The molecule has 2 rings (SSSR count). The molecule has 1 aromatic carbocycles. The van der Waals surface area contributed by atoms with Crippen LogP contribution in [0.2, 0.25) is 0 Å². The molecule has 1 aromatic heterocycles. The number of carboxylic acid groups (broad SMARTS) is 1. The van der Waals surface area contributed by atoms with Crippen LogP contribution in [0.15, 0.2) is 28.5 Å². The average Bonchev–Trinajstić information content (AvgIpc) is 2.80. The van der Waals surface area contributed by atoms with E-state index in [1.165, 1.54) is 5.38 Å². The largest absolute Gasteiger partial charge is 0.476 e. The van der Waals surface area contributed by atoms with Gasteiger partial charge in [-0.3, -0.25) is 0 Å². The number of halogens is 2. The number of thiazole rings is 1. The predicted molar refractivity (Wildman–Crippen MR) is 66.3 cm³/mol. The molecule has 0 bridgehead atoms. The first-order chi connectivity index (χ1) is 9.29. The fourth-order valence-corrected chi connectivity index (χ4v) is 3.57. The zero-order valence-electron chi connectivity index (χ0n) is 9.71. The number of sulfone groups is 1. The minimum Gasteiger partial charge on any atom is -0.476 e. The third-order valence-electron chi connectivity index (χ3n) is 2.30. The number of rotatable bonds is 4. The summed E-state index contributed by atoms with van der Waals surface area (Å²) in [6, 6.07) is 2.10. The van der Waals surface area contributed by atoms with Crippen LogP contribution in [-0.2, 0) is 15.6 Å².